The van der Waals surface area contributed by atoms with E-state index in [1.807, 2.05) is 18.2 Å². The lowest BCUT2D eigenvalue weighted by Gasteiger charge is -2.41. The van der Waals surface area contributed by atoms with E-state index < -0.39 is 0 Å². The van der Waals surface area contributed by atoms with Crippen molar-refractivity contribution >= 4 is 11.6 Å². The number of hydrogen-bond donors (Lipinski definition) is 2. The lowest BCUT2D eigenvalue weighted by atomic mass is 9.79. The molecular formula is C15H23ClN2. The first-order valence-electron chi connectivity index (χ1n) is 6.72. The van der Waals surface area contributed by atoms with Crippen LogP contribution in [0.4, 0.5) is 0 Å². The van der Waals surface area contributed by atoms with E-state index in [1.165, 1.54) is 12.0 Å². The third-order valence-electron chi connectivity index (χ3n) is 3.96. The highest BCUT2D eigenvalue weighted by Crippen LogP contribution is 2.29. The summed E-state index contributed by atoms with van der Waals surface area (Å²) in [5, 5.41) is 8.06. The average molecular weight is 267 g/mol. The first-order valence-corrected chi connectivity index (χ1v) is 7.10. The minimum atomic E-state index is 0.285. The Bertz CT molecular complexity index is 403. The average Bonchev–Trinajstić information content (AvgIpc) is 2.32. The van der Waals surface area contributed by atoms with Crippen molar-refractivity contribution in [3.05, 3.63) is 34.9 Å². The van der Waals surface area contributed by atoms with Crippen molar-refractivity contribution in [3.8, 4) is 0 Å². The largest absolute Gasteiger partial charge is 0.316 e. The summed E-state index contributed by atoms with van der Waals surface area (Å²) in [6.07, 6.45) is 1.17. The molecule has 2 rings (SSSR count). The number of nitrogens with one attached hydrogen (secondary N) is 2. The van der Waals surface area contributed by atoms with E-state index in [0.29, 0.717) is 12.1 Å². The molecule has 1 heterocycles. The monoisotopic (exact) mass is 266 g/mol. The van der Waals surface area contributed by atoms with Crippen LogP contribution < -0.4 is 10.6 Å². The highest BCUT2D eigenvalue weighted by molar-refractivity contribution is 6.31. The lowest BCUT2D eigenvalue weighted by molar-refractivity contribution is 0.174. The molecule has 0 aromatic heterocycles. The zero-order valence-electron chi connectivity index (χ0n) is 11.5. The summed E-state index contributed by atoms with van der Waals surface area (Å²) in [6.45, 7) is 8.99. The summed E-state index contributed by atoms with van der Waals surface area (Å²) in [7, 11) is 0. The normalized spacial score (nSPS) is 24.8. The molecule has 0 radical (unpaired) electrons. The smallest absolute Gasteiger partial charge is 0.0453 e. The molecule has 3 heteroatoms. The van der Waals surface area contributed by atoms with Crippen LogP contribution in [0.1, 0.15) is 38.8 Å². The predicted octanol–water partition coefficient (Wildman–Crippen LogP) is 3.38. The van der Waals surface area contributed by atoms with Gasteiger partial charge in [-0.1, -0.05) is 43.6 Å². The number of piperidine rings is 1. The van der Waals surface area contributed by atoms with Gasteiger partial charge in [0.15, 0.2) is 0 Å². The van der Waals surface area contributed by atoms with Crippen LogP contribution >= 0.6 is 11.6 Å². The van der Waals surface area contributed by atoms with Crippen LogP contribution in [0, 0.1) is 5.41 Å². The van der Waals surface area contributed by atoms with Gasteiger partial charge in [-0.2, -0.15) is 0 Å². The molecule has 0 aliphatic carbocycles. The summed E-state index contributed by atoms with van der Waals surface area (Å²) in [4.78, 5) is 0. The Morgan fingerprint density at radius 2 is 2.11 bits per heavy atom. The molecule has 1 aromatic carbocycles. The Kier molecular flexibility index (Phi) is 4.31. The first-order chi connectivity index (χ1) is 8.50. The molecule has 0 bridgehead atoms. The molecule has 18 heavy (non-hydrogen) atoms. The maximum Gasteiger partial charge on any atom is 0.0453 e. The molecular weight excluding hydrogens is 244 g/mol. The quantitative estimate of drug-likeness (QED) is 0.877. The molecule has 1 aliphatic rings. The van der Waals surface area contributed by atoms with E-state index >= 15 is 0 Å². The van der Waals surface area contributed by atoms with Crippen LogP contribution in [-0.4, -0.2) is 19.1 Å². The highest BCUT2D eigenvalue weighted by atomic mass is 35.5. The fourth-order valence-electron chi connectivity index (χ4n) is 2.70. The van der Waals surface area contributed by atoms with Crippen LogP contribution in [-0.2, 0) is 0 Å². The van der Waals surface area contributed by atoms with Gasteiger partial charge in [-0.25, -0.2) is 0 Å². The molecule has 2 N–H and O–H groups in total. The predicted molar refractivity (Wildman–Crippen MR) is 78.1 cm³/mol. The van der Waals surface area contributed by atoms with Gasteiger partial charge in [0.2, 0.25) is 0 Å². The molecule has 1 saturated heterocycles. The molecule has 1 fully saturated rings. The molecule has 1 aliphatic heterocycles. The van der Waals surface area contributed by atoms with Crippen LogP contribution in [0.2, 0.25) is 5.02 Å². The zero-order chi connectivity index (χ0) is 13.2. The lowest BCUT2D eigenvalue weighted by Crippen LogP contribution is -2.53. The molecule has 1 aromatic rings. The van der Waals surface area contributed by atoms with E-state index in [1.54, 1.807) is 0 Å². The van der Waals surface area contributed by atoms with Gasteiger partial charge >= 0.3 is 0 Å². The van der Waals surface area contributed by atoms with Crippen LogP contribution in [0.15, 0.2) is 24.3 Å². The van der Waals surface area contributed by atoms with Crippen LogP contribution in [0.5, 0.6) is 0 Å². The molecule has 0 saturated carbocycles. The highest BCUT2D eigenvalue weighted by Gasteiger charge is 2.33. The van der Waals surface area contributed by atoms with Crippen molar-refractivity contribution in [2.45, 2.75) is 39.3 Å². The Labute approximate surface area is 115 Å². The Morgan fingerprint density at radius 1 is 1.39 bits per heavy atom. The summed E-state index contributed by atoms with van der Waals surface area (Å²) < 4.78 is 0. The molecule has 1 unspecified atom stereocenters. The summed E-state index contributed by atoms with van der Waals surface area (Å²) in [6, 6.07) is 8.92. The van der Waals surface area contributed by atoms with E-state index in [4.69, 9.17) is 11.6 Å². The van der Waals surface area contributed by atoms with Gasteiger partial charge in [0.25, 0.3) is 0 Å². The SMILES string of the molecule is C[C@@H](NC1CCNCC1(C)C)c1ccccc1Cl. The summed E-state index contributed by atoms with van der Waals surface area (Å²) >= 11 is 6.26. The standard InChI is InChI=1S/C15H23ClN2/c1-11(12-6-4-5-7-13(12)16)18-14-8-9-17-10-15(14,2)3/h4-7,11,14,17-18H,8-10H2,1-3H3/t11-,14?/m1/s1. The second-order valence-electron chi connectivity index (χ2n) is 5.92. The third kappa shape index (κ3) is 3.05. The summed E-state index contributed by atoms with van der Waals surface area (Å²) in [5.74, 6) is 0. The third-order valence-corrected chi connectivity index (χ3v) is 4.30. The minimum absolute atomic E-state index is 0.285. The van der Waals surface area contributed by atoms with Crippen molar-refractivity contribution in [1.82, 2.24) is 10.6 Å². The molecule has 100 valence electrons. The van der Waals surface area contributed by atoms with Gasteiger partial charge in [0.1, 0.15) is 0 Å². The van der Waals surface area contributed by atoms with Gasteiger partial charge in [-0.3, -0.25) is 0 Å². The fourth-order valence-corrected chi connectivity index (χ4v) is 3.00. The topological polar surface area (TPSA) is 24.1 Å². The summed E-state index contributed by atoms with van der Waals surface area (Å²) in [5.41, 5.74) is 1.47. The first kappa shape index (κ1) is 13.9. The molecule has 0 spiro atoms. The Hall–Kier alpha value is -0.570. The number of hydrogen-bond acceptors (Lipinski definition) is 2. The van der Waals surface area contributed by atoms with Crippen molar-refractivity contribution in [2.75, 3.05) is 13.1 Å². The van der Waals surface area contributed by atoms with Crippen molar-refractivity contribution in [1.29, 1.82) is 0 Å². The number of rotatable bonds is 3. The van der Waals surface area contributed by atoms with Crippen molar-refractivity contribution in [2.24, 2.45) is 5.41 Å². The van der Waals surface area contributed by atoms with Crippen LogP contribution in [0.25, 0.3) is 0 Å². The van der Waals surface area contributed by atoms with Gasteiger partial charge in [0.05, 0.1) is 0 Å². The van der Waals surface area contributed by atoms with Crippen molar-refractivity contribution in [3.63, 3.8) is 0 Å². The Balaban J connectivity index is 2.07. The number of benzene rings is 1. The number of halogens is 1. The van der Waals surface area contributed by atoms with Gasteiger partial charge in [-0.15, -0.1) is 0 Å². The van der Waals surface area contributed by atoms with E-state index in [-0.39, 0.29) is 5.41 Å². The minimum Gasteiger partial charge on any atom is -0.316 e. The molecule has 2 atom stereocenters. The van der Waals surface area contributed by atoms with E-state index in [2.05, 4.69) is 37.5 Å². The molecule has 2 nitrogen and oxygen atoms in total. The molecule has 0 amide bonds. The van der Waals surface area contributed by atoms with Gasteiger partial charge in [0, 0.05) is 23.7 Å². The fraction of sp³-hybridized carbons (Fsp3) is 0.600. The van der Waals surface area contributed by atoms with Crippen molar-refractivity contribution < 1.29 is 0 Å². The second kappa shape index (κ2) is 5.60. The second-order valence-corrected chi connectivity index (χ2v) is 6.32. The van der Waals surface area contributed by atoms with E-state index in [0.717, 1.165) is 18.1 Å². The van der Waals surface area contributed by atoms with Crippen LogP contribution in [0.3, 0.4) is 0 Å². The van der Waals surface area contributed by atoms with E-state index in [9.17, 15) is 0 Å². The van der Waals surface area contributed by atoms with Gasteiger partial charge < -0.3 is 10.6 Å². The maximum atomic E-state index is 6.26. The maximum absolute atomic E-state index is 6.26. The Morgan fingerprint density at radius 3 is 2.78 bits per heavy atom. The van der Waals surface area contributed by atoms with Gasteiger partial charge in [-0.05, 0) is 36.9 Å². The zero-order valence-corrected chi connectivity index (χ0v) is 12.2.